The van der Waals surface area contributed by atoms with E-state index in [1.807, 2.05) is 24.3 Å². The lowest BCUT2D eigenvalue weighted by Crippen LogP contribution is -2.20. The normalized spacial score (nSPS) is 13.0. The lowest BCUT2D eigenvalue weighted by Gasteiger charge is -2.16. The number of carbonyl (C=O) groups is 2. The van der Waals surface area contributed by atoms with Crippen LogP contribution < -0.4 is 10.1 Å². The maximum atomic E-state index is 12.7. The Hall–Kier alpha value is -4.00. The van der Waals surface area contributed by atoms with E-state index in [1.165, 1.54) is 0 Å². The lowest BCUT2D eigenvalue weighted by atomic mass is 10.0. The summed E-state index contributed by atoms with van der Waals surface area (Å²) in [6.07, 6.45) is 1.97. The summed E-state index contributed by atoms with van der Waals surface area (Å²) in [5.41, 5.74) is 3.44. The predicted molar refractivity (Wildman–Crippen MR) is 108 cm³/mol. The lowest BCUT2D eigenvalue weighted by molar-refractivity contribution is -0.121. The number of para-hydroxylation sites is 1. The monoisotopic (exact) mass is 384 g/mol. The summed E-state index contributed by atoms with van der Waals surface area (Å²) >= 11 is 0. The second-order valence-electron chi connectivity index (χ2n) is 6.78. The van der Waals surface area contributed by atoms with Crippen molar-refractivity contribution in [2.45, 2.75) is 6.42 Å². The van der Waals surface area contributed by atoms with Gasteiger partial charge in [0, 0.05) is 23.7 Å². The Balaban J connectivity index is 1.51. The molecule has 0 bridgehead atoms. The molecular weight excluding hydrogens is 368 g/mol. The number of fused-ring (bicyclic) bond motifs is 2. The number of nitrogens with zero attached hydrogens (tertiary/aromatic N) is 2. The first-order chi connectivity index (χ1) is 14.2. The van der Waals surface area contributed by atoms with Crippen LogP contribution in [0.15, 0.2) is 60.8 Å². The minimum Gasteiger partial charge on any atom is -0.486 e. The van der Waals surface area contributed by atoms with Gasteiger partial charge in [-0.1, -0.05) is 12.1 Å². The molecule has 7 nitrogen and oxygen atoms in total. The van der Waals surface area contributed by atoms with Gasteiger partial charge in [0.15, 0.2) is 5.78 Å². The van der Waals surface area contributed by atoms with Crippen LogP contribution in [0.5, 0.6) is 5.75 Å². The highest BCUT2D eigenvalue weighted by atomic mass is 16.5. The molecule has 0 aliphatic carbocycles. The van der Waals surface area contributed by atoms with Crippen molar-refractivity contribution in [2.75, 3.05) is 11.9 Å². The number of aromatic amines is 1. The van der Waals surface area contributed by atoms with Gasteiger partial charge in [-0.25, -0.2) is 9.97 Å². The SMILES string of the molecule is O=C1COc2ccc(-c3nc4c(C(=O)Nc5ccccn5)cccc4[nH]3)cc2C1. The maximum absolute atomic E-state index is 12.7. The molecule has 4 aromatic rings. The number of Topliss-reactive ketones (excluding diaryl/α,β-unsaturated/α-hetero) is 1. The number of rotatable bonds is 3. The van der Waals surface area contributed by atoms with Crippen LogP contribution >= 0.6 is 0 Å². The summed E-state index contributed by atoms with van der Waals surface area (Å²) in [6.45, 7) is 0.117. The van der Waals surface area contributed by atoms with E-state index in [4.69, 9.17) is 4.74 Å². The summed E-state index contributed by atoms with van der Waals surface area (Å²) in [4.78, 5) is 36.5. The number of ketones is 1. The number of hydrogen-bond donors (Lipinski definition) is 2. The summed E-state index contributed by atoms with van der Waals surface area (Å²) < 4.78 is 5.45. The molecule has 2 aromatic carbocycles. The van der Waals surface area contributed by atoms with Crippen LogP contribution in [0.3, 0.4) is 0 Å². The molecule has 1 aliphatic heterocycles. The van der Waals surface area contributed by atoms with Gasteiger partial charge in [-0.05, 0) is 42.5 Å². The fraction of sp³-hybridized carbons (Fsp3) is 0.0909. The molecule has 5 rings (SSSR count). The first-order valence-electron chi connectivity index (χ1n) is 9.16. The van der Waals surface area contributed by atoms with E-state index in [-0.39, 0.29) is 18.3 Å². The Labute approximate surface area is 165 Å². The summed E-state index contributed by atoms with van der Waals surface area (Å²) in [5.74, 6) is 1.59. The minimum atomic E-state index is -0.281. The second kappa shape index (κ2) is 6.87. The van der Waals surface area contributed by atoms with Gasteiger partial charge in [0.2, 0.25) is 0 Å². The molecule has 29 heavy (non-hydrogen) atoms. The Bertz CT molecular complexity index is 1250. The fourth-order valence-electron chi connectivity index (χ4n) is 3.40. The van der Waals surface area contributed by atoms with Crippen molar-refractivity contribution < 1.29 is 14.3 Å². The Morgan fingerprint density at radius 1 is 1.10 bits per heavy atom. The molecule has 1 aliphatic rings. The number of hydrogen-bond acceptors (Lipinski definition) is 5. The zero-order valence-electron chi connectivity index (χ0n) is 15.3. The van der Waals surface area contributed by atoms with Crippen LogP contribution in [-0.4, -0.2) is 33.2 Å². The summed E-state index contributed by atoms with van der Waals surface area (Å²) in [6, 6.07) is 16.4. The molecule has 0 saturated carbocycles. The zero-order chi connectivity index (χ0) is 19.8. The average molecular weight is 384 g/mol. The third kappa shape index (κ3) is 3.23. The standard InChI is InChI=1S/C22H16N4O3/c27-15-11-14-10-13(7-8-18(14)29-12-15)21-24-17-5-3-4-16(20(17)26-21)22(28)25-19-6-1-2-9-23-19/h1-10H,11-12H2,(H,24,26)(H,23,25,28). The number of amides is 1. The van der Waals surface area contributed by atoms with Crippen molar-refractivity contribution in [2.24, 2.45) is 0 Å². The van der Waals surface area contributed by atoms with Gasteiger partial charge in [-0.2, -0.15) is 0 Å². The van der Waals surface area contributed by atoms with Crippen LogP contribution in [0.25, 0.3) is 22.4 Å². The highest BCUT2D eigenvalue weighted by Crippen LogP contribution is 2.30. The minimum absolute atomic E-state index is 0.0488. The molecule has 0 spiro atoms. The average Bonchev–Trinajstić information content (AvgIpc) is 3.18. The van der Waals surface area contributed by atoms with E-state index in [1.54, 1.807) is 36.5 Å². The molecule has 0 unspecified atom stereocenters. The van der Waals surface area contributed by atoms with Crippen molar-refractivity contribution in [3.63, 3.8) is 0 Å². The number of H-pyrrole nitrogens is 1. The molecule has 3 heterocycles. The molecular formula is C22H16N4O3. The molecule has 2 N–H and O–H groups in total. The van der Waals surface area contributed by atoms with Crippen LogP contribution in [-0.2, 0) is 11.2 Å². The predicted octanol–water partition coefficient (Wildman–Crippen LogP) is 3.38. The second-order valence-corrected chi connectivity index (χ2v) is 6.78. The Kier molecular flexibility index (Phi) is 4.05. The largest absolute Gasteiger partial charge is 0.486 e. The first kappa shape index (κ1) is 17.1. The zero-order valence-corrected chi connectivity index (χ0v) is 15.3. The van der Waals surface area contributed by atoms with Crippen molar-refractivity contribution >= 4 is 28.5 Å². The van der Waals surface area contributed by atoms with Gasteiger partial charge >= 0.3 is 0 Å². The van der Waals surface area contributed by atoms with Gasteiger partial charge < -0.3 is 15.0 Å². The van der Waals surface area contributed by atoms with E-state index in [2.05, 4.69) is 20.3 Å². The van der Waals surface area contributed by atoms with E-state index in [0.29, 0.717) is 29.1 Å². The Morgan fingerprint density at radius 3 is 2.90 bits per heavy atom. The number of imidazole rings is 1. The van der Waals surface area contributed by atoms with Crippen LogP contribution in [0.2, 0.25) is 0 Å². The Morgan fingerprint density at radius 2 is 2.03 bits per heavy atom. The van der Waals surface area contributed by atoms with Crippen LogP contribution in [0.4, 0.5) is 5.82 Å². The molecule has 1 amide bonds. The molecule has 0 radical (unpaired) electrons. The smallest absolute Gasteiger partial charge is 0.259 e. The highest BCUT2D eigenvalue weighted by molar-refractivity contribution is 6.11. The van der Waals surface area contributed by atoms with Crippen molar-refractivity contribution in [1.29, 1.82) is 0 Å². The quantitative estimate of drug-likeness (QED) is 0.564. The highest BCUT2D eigenvalue weighted by Gasteiger charge is 2.19. The van der Waals surface area contributed by atoms with Gasteiger partial charge in [-0.3, -0.25) is 9.59 Å². The number of carbonyl (C=O) groups excluding carboxylic acids is 2. The first-order valence-corrected chi connectivity index (χ1v) is 9.16. The van der Waals surface area contributed by atoms with Crippen molar-refractivity contribution in [3.05, 3.63) is 71.9 Å². The number of pyridine rings is 1. The molecule has 0 saturated heterocycles. The van der Waals surface area contributed by atoms with Crippen LogP contribution in [0.1, 0.15) is 15.9 Å². The fourth-order valence-corrected chi connectivity index (χ4v) is 3.40. The molecule has 0 fully saturated rings. The van der Waals surface area contributed by atoms with E-state index in [9.17, 15) is 9.59 Å². The van der Waals surface area contributed by atoms with Crippen LogP contribution in [0, 0.1) is 0 Å². The van der Waals surface area contributed by atoms with Gasteiger partial charge in [0.25, 0.3) is 5.91 Å². The summed E-state index contributed by atoms with van der Waals surface area (Å²) in [7, 11) is 0. The van der Waals surface area contributed by atoms with Gasteiger partial charge in [0.05, 0.1) is 11.1 Å². The van der Waals surface area contributed by atoms with Crippen molar-refractivity contribution in [1.82, 2.24) is 15.0 Å². The van der Waals surface area contributed by atoms with Gasteiger partial charge in [0.1, 0.15) is 29.5 Å². The summed E-state index contributed by atoms with van der Waals surface area (Å²) in [5, 5.41) is 2.79. The van der Waals surface area contributed by atoms with Crippen molar-refractivity contribution in [3.8, 4) is 17.1 Å². The van der Waals surface area contributed by atoms with Gasteiger partial charge in [-0.15, -0.1) is 0 Å². The van der Waals surface area contributed by atoms with E-state index >= 15 is 0 Å². The maximum Gasteiger partial charge on any atom is 0.259 e. The molecule has 142 valence electrons. The third-order valence-corrected chi connectivity index (χ3v) is 4.77. The number of ether oxygens (including phenoxy) is 1. The molecule has 2 aromatic heterocycles. The van der Waals surface area contributed by atoms with E-state index < -0.39 is 0 Å². The number of benzene rings is 2. The topological polar surface area (TPSA) is 97.0 Å². The van der Waals surface area contributed by atoms with E-state index in [0.717, 1.165) is 22.4 Å². The third-order valence-electron chi connectivity index (χ3n) is 4.77. The number of anilines is 1. The number of nitrogens with one attached hydrogen (secondary N) is 2. The molecule has 7 heteroatoms. The number of aromatic nitrogens is 3. The molecule has 0 atom stereocenters.